The lowest BCUT2D eigenvalue weighted by Crippen LogP contribution is -2.09. The predicted octanol–water partition coefficient (Wildman–Crippen LogP) is 1.32. The fourth-order valence-electron chi connectivity index (χ4n) is 0.971. The lowest BCUT2D eigenvalue weighted by Gasteiger charge is -2.04. The summed E-state index contributed by atoms with van der Waals surface area (Å²) in [6.45, 7) is 5.00. The van der Waals surface area contributed by atoms with E-state index in [1.807, 2.05) is 19.3 Å². The molecule has 0 aliphatic rings. The van der Waals surface area contributed by atoms with Crippen LogP contribution in [0.3, 0.4) is 0 Å². The summed E-state index contributed by atoms with van der Waals surface area (Å²) in [6, 6.07) is 1.93. The zero-order valence-corrected chi connectivity index (χ0v) is 7.83. The van der Waals surface area contributed by atoms with Gasteiger partial charge in [0.2, 0.25) is 0 Å². The largest absolute Gasteiger partial charge is 0.314 e. The minimum absolute atomic E-state index is 0.404. The second-order valence-electron chi connectivity index (χ2n) is 3.09. The van der Waals surface area contributed by atoms with Gasteiger partial charge in [-0.1, -0.05) is 13.8 Å². The highest BCUT2D eigenvalue weighted by Gasteiger charge is 2.02. The molecule has 0 radical (unpaired) electrons. The molecular formula is C9H15N3. The Hall–Kier alpha value is -0.960. The molecule has 1 aromatic heterocycles. The highest BCUT2D eigenvalue weighted by molar-refractivity contribution is 5.04. The number of nitrogens with zero attached hydrogens (tertiary/aromatic N) is 2. The molecule has 1 heterocycles. The lowest BCUT2D eigenvalue weighted by atomic mass is 10.2. The lowest BCUT2D eigenvalue weighted by molar-refractivity contribution is 0.727. The molecule has 0 aliphatic carbocycles. The van der Waals surface area contributed by atoms with E-state index in [0.717, 1.165) is 18.1 Å². The number of aromatic nitrogens is 2. The highest BCUT2D eigenvalue weighted by Crippen LogP contribution is 2.07. The van der Waals surface area contributed by atoms with Crippen LogP contribution in [0.2, 0.25) is 0 Å². The van der Waals surface area contributed by atoms with Gasteiger partial charge in [0.25, 0.3) is 0 Å². The summed E-state index contributed by atoms with van der Waals surface area (Å²) < 4.78 is 0. The third-order valence-corrected chi connectivity index (χ3v) is 1.61. The zero-order valence-electron chi connectivity index (χ0n) is 7.83. The smallest absolute Gasteiger partial charge is 0.131 e. The van der Waals surface area contributed by atoms with Crippen LogP contribution in [0.4, 0.5) is 0 Å². The molecule has 0 bridgehead atoms. The van der Waals surface area contributed by atoms with Crippen molar-refractivity contribution in [2.75, 3.05) is 7.05 Å². The van der Waals surface area contributed by atoms with Gasteiger partial charge in [-0.25, -0.2) is 9.97 Å². The summed E-state index contributed by atoms with van der Waals surface area (Å²) in [5.41, 5.74) is 1.05. The molecule has 1 N–H and O–H groups in total. The van der Waals surface area contributed by atoms with Crippen LogP contribution in [-0.4, -0.2) is 17.0 Å². The van der Waals surface area contributed by atoms with Gasteiger partial charge in [0.1, 0.15) is 5.82 Å². The molecule has 3 heteroatoms. The Morgan fingerprint density at radius 3 is 2.83 bits per heavy atom. The van der Waals surface area contributed by atoms with Crippen LogP contribution in [0.25, 0.3) is 0 Å². The number of hydrogen-bond acceptors (Lipinski definition) is 3. The summed E-state index contributed by atoms with van der Waals surface area (Å²) in [5.74, 6) is 1.32. The normalized spacial score (nSPS) is 10.7. The first-order chi connectivity index (χ1) is 5.74. The third-order valence-electron chi connectivity index (χ3n) is 1.61. The molecule has 0 spiro atoms. The molecule has 3 nitrogen and oxygen atoms in total. The Morgan fingerprint density at radius 1 is 1.50 bits per heavy atom. The summed E-state index contributed by atoms with van der Waals surface area (Å²) >= 11 is 0. The fourth-order valence-corrected chi connectivity index (χ4v) is 0.971. The van der Waals surface area contributed by atoms with Crippen molar-refractivity contribution in [2.24, 2.45) is 0 Å². The van der Waals surface area contributed by atoms with Crippen molar-refractivity contribution in [3.05, 3.63) is 23.8 Å². The van der Waals surface area contributed by atoms with Gasteiger partial charge in [-0.2, -0.15) is 0 Å². The minimum Gasteiger partial charge on any atom is -0.314 e. The molecule has 12 heavy (non-hydrogen) atoms. The minimum atomic E-state index is 0.404. The first-order valence-electron chi connectivity index (χ1n) is 4.20. The summed E-state index contributed by atoms with van der Waals surface area (Å²) in [7, 11) is 1.91. The van der Waals surface area contributed by atoms with Crippen molar-refractivity contribution >= 4 is 0 Å². The van der Waals surface area contributed by atoms with Gasteiger partial charge in [-0.3, -0.25) is 0 Å². The van der Waals surface area contributed by atoms with Crippen LogP contribution in [0.15, 0.2) is 12.3 Å². The molecule has 1 aromatic rings. The molecule has 0 aromatic carbocycles. The molecule has 0 unspecified atom stereocenters. The average molecular weight is 165 g/mol. The van der Waals surface area contributed by atoms with E-state index in [1.165, 1.54) is 0 Å². The summed E-state index contributed by atoms with van der Waals surface area (Å²) in [4.78, 5) is 8.57. The molecule has 0 atom stereocenters. The SMILES string of the molecule is CNCc1ccnc(C(C)C)n1. The van der Waals surface area contributed by atoms with Crippen LogP contribution in [0, 0.1) is 0 Å². The maximum atomic E-state index is 4.39. The van der Waals surface area contributed by atoms with E-state index in [2.05, 4.69) is 29.1 Å². The van der Waals surface area contributed by atoms with Gasteiger partial charge in [0, 0.05) is 18.7 Å². The van der Waals surface area contributed by atoms with Crippen molar-refractivity contribution in [3.63, 3.8) is 0 Å². The zero-order chi connectivity index (χ0) is 8.97. The highest BCUT2D eigenvalue weighted by atomic mass is 14.9. The Labute approximate surface area is 73.2 Å². The van der Waals surface area contributed by atoms with E-state index in [4.69, 9.17) is 0 Å². The topological polar surface area (TPSA) is 37.8 Å². The quantitative estimate of drug-likeness (QED) is 0.734. The number of rotatable bonds is 3. The van der Waals surface area contributed by atoms with Gasteiger partial charge in [-0.15, -0.1) is 0 Å². The Bertz CT molecular complexity index is 245. The number of nitrogens with one attached hydrogen (secondary N) is 1. The van der Waals surface area contributed by atoms with E-state index in [1.54, 1.807) is 0 Å². The van der Waals surface area contributed by atoms with E-state index < -0.39 is 0 Å². The van der Waals surface area contributed by atoms with E-state index in [0.29, 0.717) is 5.92 Å². The molecule has 0 amide bonds. The number of hydrogen-bond donors (Lipinski definition) is 1. The molecule has 0 aliphatic heterocycles. The molecule has 0 fully saturated rings. The van der Waals surface area contributed by atoms with Crippen molar-refractivity contribution in [1.82, 2.24) is 15.3 Å². The van der Waals surface area contributed by atoms with E-state index in [9.17, 15) is 0 Å². The van der Waals surface area contributed by atoms with Crippen LogP contribution >= 0.6 is 0 Å². The second-order valence-corrected chi connectivity index (χ2v) is 3.09. The Kier molecular flexibility index (Phi) is 3.17. The van der Waals surface area contributed by atoms with E-state index >= 15 is 0 Å². The monoisotopic (exact) mass is 165 g/mol. The molecule has 66 valence electrons. The van der Waals surface area contributed by atoms with Crippen LogP contribution in [0.5, 0.6) is 0 Å². The molecule has 0 saturated carbocycles. The molecule has 0 saturated heterocycles. The van der Waals surface area contributed by atoms with Crippen LogP contribution < -0.4 is 5.32 Å². The molecular weight excluding hydrogens is 150 g/mol. The first kappa shape index (κ1) is 9.13. The Morgan fingerprint density at radius 2 is 2.25 bits per heavy atom. The fraction of sp³-hybridized carbons (Fsp3) is 0.556. The molecule has 1 rings (SSSR count). The Balaban J connectivity index is 2.81. The van der Waals surface area contributed by atoms with Crippen LogP contribution in [-0.2, 0) is 6.54 Å². The second kappa shape index (κ2) is 4.16. The van der Waals surface area contributed by atoms with E-state index in [-0.39, 0.29) is 0 Å². The van der Waals surface area contributed by atoms with Crippen molar-refractivity contribution in [2.45, 2.75) is 26.3 Å². The van der Waals surface area contributed by atoms with Gasteiger partial charge >= 0.3 is 0 Å². The van der Waals surface area contributed by atoms with Crippen molar-refractivity contribution < 1.29 is 0 Å². The van der Waals surface area contributed by atoms with Gasteiger partial charge in [-0.05, 0) is 13.1 Å². The summed E-state index contributed by atoms with van der Waals surface area (Å²) in [6.07, 6.45) is 1.81. The standard InChI is InChI=1S/C9H15N3/c1-7(2)9-11-5-4-8(12-9)6-10-3/h4-5,7,10H,6H2,1-3H3. The van der Waals surface area contributed by atoms with Crippen molar-refractivity contribution in [3.8, 4) is 0 Å². The van der Waals surface area contributed by atoms with Gasteiger partial charge in [0.05, 0.1) is 5.69 Å². The predicted molar refractivity (Wildman–Crippen MR) is 48.9 cm³/mol. The van der Waals surface area contributed by atoms with Crippen LogP contribution in [0.1, 0.15) is 31.3 Å². The average Bonchev–Trinajstić information content (AvgIpc) is 2.05. The maximum Gasteiger partial charge on any atom is 0.131 e. The summed E-state index contributed by atoms with van der Waals surface area (Å²) in [5, 5.41) is 3.06. The third kappa shape index (κ3) is 2.27. The first-order valence-corrected chi connectivity index (χ1v) is 4.20. The maximum absolute atomic E-state index is 4.39. The van der Waals surface area contributed by atoms with Gasteiger partial charge in [0.15, 0.2) is 0 Å². The van der Waals surface area contributed by atoms with Gasteiger partial charge < -0.3 is 5.32 Å². The van der Waals surface area contributed by atoms with Crippen molar-refractivity contribution in [1.29, 1.82) is 0 Å².